The Bertz CT molecular complexity index is 494. The summed E-state index contributed by atoms with van der Waals surface area (Å²) in [6.45, 7) is 3.67. The van der Waals surface area contributed by atoms with Gasteiger partial charge in [-0.25, -0.2) is 4.39 Å². The van der Waals surface area contributed by atoms with Gasteiger partial charge in [-0.1, -0.05) is 17.7 Å². The van der Waals surface area contributed by atoms with E-state index in [1.54, 1.807) is 13.0 Å². The summed E-state index contributed by atoms with van der Waals surface area (Å²) in [4.78, 5) is 13.3. The van der Waals surface area contributed by atoms with Crippen LogP contribution in [0, 0.1) is 11.2 Å². The average molecular weight is 286 g/mol. The van der Waals surface area contributed by atoms with Gasteiger partial charge in [-0.3, -0.25) is 9.69 Å². The minimum absolute atomic E-state index is 0.359. The molecule has 1 atom stereocenters. The maximum atomic E-state index is 13.0. The predicted molar refractivity (Wildman–Crippen MR) is 71.7 cm³/mol. The highest BCUT2D eigenvalue weighted by Gasteiger charge is 2.37. The van der Waals surface area contributed by atoms with Crippen LogP contribution < -0.4 is 0 Å². The Morgan fingerprint density at radius 2 is 2.32 bits per heavy atom. The van der Waals surface area contributed by atoms with E-state index in [4.69, 9.17) is 11.6 Å². The van der Waals surface area contributed by atoms with Crippen LogP contribution >= 0.6 is 11.6 Å². The molecule has 1 saturated heterocycles. The molecule has 1 heterocycles. The molecule has 2 rings (SSSR count). The van der Waals surface area contributed by atoms with Crippen molar-refractivity contribution in [1.82, 2.24) is 4.90 Å². The quantitative estimate of drug-likeness (QED) is 0.927. The van der Waals surface area contributed by atoms with Crippen LogP contribution in [0.4, 0.5) is 4.39 Å². The van der Waals surface area contributed by atoms with Crippen LogP contribution in [0.25, 0.3) is 0 Å². The fraction of sp³-hybridized carbons (Fsp3) is 0.500. The van der Waals surface area contributed by atoms with Gasteiger partial charge in [-0.15, -0.1) is 0 Å². The zero-order valence-corrected chi connectivity index (χ0v) is 11.6. The van der Waals surface area contributed by atoms with Gasteiger partial charge in [0.25, 0.3) is 0 Å². The number of likely N-dealkylation sites (tertiary alicyclic amines) is 1. The normalized spacial score (nSPS) is 24.4. The van der Waals surface area contributed by atoms with Gasteiger partial charge in [0.05, 0.1) is 5.41 Å². The highest BCUT2D eigenvalue weighted by molar-refractivity contribution is 6.31. The summed E-state index contributed by atoms with van der Waals surface area (Å²) in [7, 11) is 0. The van der Waals surface area contributed by atoms with Crippen molar-refractivity contribution in [2.45, 2.75) is 26.3 Å². The van der Waals surface area contributed by atoms with E-state index in [0.29, 0.717) is 24.5 Å². The monoisotopic (exact) mass is 285 g/mol. The summed E-state index contributed by atoms with van der Waals surface area (Å²) in [5, 5.41) is 9.66. The number of carboxylic acids is 1. The van der Waals surface area contributed by atoms with Gasteiger partial charge in [0, 0.05) is 18.1 Å². The molecule has 19 heavy (non-hydrogen) atoms. The molecule has 0 amide bonds. The molecular weight excluding hydrogens is 269 g/mol. The van der Waals surface area contributed by atoms with Crippen LogP contribution in [0.5, 0.6) is 0 Å². The molecule has 1 fully saturated rings. The smallest absolute Gasteiger partial charge is 0.310 e. The Balaban J connectivity index is 2.09. The highest BCUT2D eigenvalue weighted by atomic mass is 35.5. The second-order valence-corrected chi connectivity index (χ2v) is 5.82. The Morgan fingerprint density at radius 3 is 2.95 bits per heavy atom. The van der Waals surface area contributed by atoms with Crippen molar-refractivity contribution in [2.75, 3.05) is 13.1 Å². The lowest BCUT2D eigenvalue weighted by Crippen LogP contribution is -2.45. The summed E-state index contributed by atoms with van der Waals surface area (Å²) < 4.78 is 13.0. The minimum Gasteiger partial charge on any atom is -0.481 e. The first-order valence-corrected chi connectivity index (χ1v) is 6.68. The second-order valence-electron chi connectivity index (χ2n) is 5.42. The number of hydrogen-bond acceptors (Lipinski definition) is 2. The van der Waals surface area contributed by atoms with Crippen molar-refractivity contribution in [3.8, 4) is 0 Å². The molecule has 1 N–H and O–H groups in total. The van der Waals surface area contributed by atoms with Crippen molar-refractivity contribution in [3.05, 3.63) is 34.6 Å². The number of hydrogen-bond donors (Lipinski definition) is 1. The number of carbonyl (C=O) groups is 1. The van der Waals surface area contributed by atoms with E-state index < -0.39 is 11.4 Å². The lowest BCUT2D eigenvalue weighted by molar-refractivity contribution is -0.151. The maximum Gasteiger partial charge on any atom is 0.310 e. The average Bonchev–Trinajstić information content (AvgIpc) is 2.33. The summed E-state index contributed by atoms with van der Waals surface area (Å²) in [5.41, 5.74) is 0.128. The van der Waals surface area contributed by atoms with Crippen LogP contribution in [-0.4, -0.2) is 29.1 Å². The molecule has 1 aliphatic heterocycles. The van der Waals surface area contributed by atoms with E-state index in [1.807, 2.05) is 0 Å². The van der Waals surface area contributed by atoms with Crippen molar-refractivity contribution in [2.24, 2.45) is 5.41 Å². The summed E-state index contributed by atoms with van der Waals surface area (Å²) >= 11 is 6.00. The molecule has 5 heteroatoms. The lowest BCUT2D eigenvalue weighted by atomic mass is 9.82. The fourth-order valence-electron chi connectivity index (χ4n) is 2.54. The molecular formula is C14H17ClFNO2. The standard InChI is InChI=1S/C14H17ClFNO2/c1-14(13(18)19)5-2-6-17(9-14)8-10-3-4-11(16)7-12(10)15/h3-4,7H,2,5-6,8-9H2,1H3,(H,18,19). The predicted octanol–water partition coefficient (Wildman–Crippen LogP) is 3.17. The van der Waals surface area contributed by atoms with Gasteiger partial charge in [0.1, 0.15) is 5.82 Å². The van der Waals surface area contributed by atoms with E-state index in [9.17, 15) is 14.3 Å². The lowest BCUT2D eigenvalue weighted by Gasteiger charge is -2.37. The third kappa shape index (κ3) is 3.25. The van der Waals surface area contributed by atoms with Crippen LogP contribution in [0.2, 0.25) is 5.02 Å². The van der Waals surface area contributed by atoms with E-state index >= 15 is 0 Å². The SMILES string of the molecule is CC1(C(=O)O)CCCN(Cc2ccc(F)cc2Cl)C1. The summed E-state index contributed by atoms with van der Waals surface area (Å²) in [6.07, 6.45) is 1.54. The van der Waals surface area contributed by atoms with Crippen molar-refractivity contribution < 1.29 is 14.3 Å². The molecule has 104 valence electrons. The second kappa shape index (κ2) is 5.47. The first-order valence-electron chi connectivity index (χ1n) is 6.30. The zero-order valence-electron chi connectivity index (χ0n) is 10.8. The number of piperidine rings is 1. The first kappa shape index (κ1) is 14.3. The molecule has 0 saturated carbocycles. The summed E-state index contributed by atoms with van der Waals surface area (Å²) in [5.74, 6) is -1.12. The molecule has 1 unspecified atom stereocenters. The number of rotatable bonds is 3. The van der Waals surface area contributed by atoms with Gasteiger partial charge >= 0.3 is 5.97 Å². The topological polar surface area (TPSA) is 40.5 Å². The van der Waals surface area contributed by atoms with Gasteiger partial charge in [0.15, 0.2) is 0 Å². The molecule has 3 nitrogen and oxygen atoms in total. The van der Waals surface area contributed by atoms with Gasteiger partial charge in [0.2, 0.25) is 0 Å². The molecule has 0 bridgehead atoms. The largest absolute Gasteiger partial charge is 0.481 e. The van der Waals surface area contributed by atoms with Crippen molar-refractivity contribution in [3.63, 3.8) is 0 Å². The van der Waals surface area contributed by atoms with Crippen molar-refractivity contribution >= 4 is 17.6 Å². The number of halogens is 2. The maximum absolute atomic E-state index is 13.0. The fourth-order valence-corrected chi connectivity index (χ4v) is 2.77. The van der Waals surface area contributed by atoms with Crippen molar-refractivity contribution in [1.29, 1.82) is 0 Å². The molecule has 1 aliphatic rings. The number of benzene rings is 1. The molecule has 0 radical (unpaired) electrons. The third-order valence-corrected chi connectivity index (χ3v) is 4.05. The molecule has 1 aromatic carbocycles. The van der Waals surface area contributed by atoms with Crippen LogP contribution in [0.15, 0.2) is 18.2 Å². The van der Waals surface area contributed by atoms with E-state index in [2.05, 4.69) is 4.90 Å². The van der Waals surface area contributed by atoms with Crippen LogP contribution in [-0.2, 0) is 11.3 Å². The number of aliphatic carboxylic acids is 1. The molecule has 0 aromatic heterocycles. The van der Waals surface area contributed by atoms with E-state index in [-0.39, 0.29) is 5.82 Å². The molecule has 0 aliphatic carbocycles. The Morgan fingerprint density at radius 1 is 1.58 bits per heavy atom. The van der Waals surface area contributed by atoms with Gasteiger partial charge < -0.3 is 5.11 Å². The van der Waals surface area contributed by atoms with Crippen LogP contribution in [0.3, 0.4) is 0 Å². The third-order valence-electron chi connectivity index (χ3n) is 3.70. The van der Waals surface area contributed by atoms with Gasteiger partial charge in [-0.2, -0.15) is 0 Å². The first-order chi connectivity index (χ1) is 8.90. The Labute approximate surface area is 117 Å². The highest BCUT2D eigenvalue weighted by Crippen LogP contribution is 2.31. The minimum atomic E-state index is -0.762. The Hall–Kier alpha value is -1.13. The van der Waals surface area contributed by atoms with E-state index in [1.165, 1.54) is 12.1 Å². The zero-order chi connectivity index (χ0) is 14.0. The number of nitrogens with zero attached hydrogens (tertiary/aromatic N) is 1. The van der Waals surface area contributed by atoms with Crippen LogP contribution in [0.1, 0.15) is 25.3 Å². The van der Waals surface area contributed by atoms with Gasteiger partial charge in [-0.05, 0) is 44.0 Å². The number of carboxylic acid groups (broad SMARTS) is 1. The summed E-state index contributed by atoms with van der Waals surface area (Å²) in [6, 6.07) is 4.32. The molecule has 1 aromatic rings. The Kier molecular flexibility index (Phi) is 4.11. The molecule has 0 spiro atoms. The van der Waals surface area contributed by atoms with E-state index in [0.717, 1.165) is 18.5 Å².